The van der Waals surface area contributed by atoms with Crippen LogP contribution in [0.4, 0.5) is 0 Å². The molecule has 0 aromatic heterocycles. The first-order valence-electron chi connectivity index (χ1n) is 8.48. The zero-order valence-corrected chi connectivity index (χ0v) is 15.1. The quantitative estimate of drug-likeness (QED) is 0.819. The molecule has 7 heteroatoms. The molecule has 2 aromatic rings. The van der Waals surface area contributed by atoms with E-state index >= 15 is 0 Å². The molecule has 1 aliphatic heterocycles. The molecule has 0 fully saturated rings. The van der Waals surface area contributed by atoms with Crippen LogP contribution in [-0.2, 0) is 21.0 Å². The lowest BCUT2D eigenvalue weighted by molar-refractivity contribution is -0.156. The molecule has 2 amide bonds. The van der Waals surface area contributed by atoms with Gasteiger partial charge in [0.25, 0.3) is 11.8 Å². The fourth-order valence-corrected chi connectivity index (χ4v) is 3.11. The Labute approximate surface area is 156 Å². The molecule has 1 unspecified atom stereocenters. The molecule has 1 N–H and O–H groups in total. The topological polar surface area (TPSA) is 84.9 Å². The van der Waals surface area contributed by atoms with Gasteiger partial charge < -0.3 is 14.5 Å². The predicted molar refractivity (Wildman–Crippen MR) is 96.6 cm³/mol. The van der Waals surface area contributed by atoms with Gasteiger partial charge in [-0.05, 0) is 29.3 Å². The fourth-order valence-electron chi connectivity index (χ4n) is 3.11. The summed E-state index contributed by atoms with van der Waals surface area (Å²) in [7, 11) is 1.57. The van der Waals surface area contributed by atoms with E-state index in [4.69, 9.17) is 4.74 Å². The molecular formula is C20H20N2O5. The lowest BCUT2D eigenvalue weighted by Crippen LogP contribution is -2.34. The molecule has 0 spiro atoms. The summed E-state index contributed by atoms with van der Waals surface area (Å²) < 4.78 is 5.17. The molecule has 3 rings (SSSR count). The molecule has 0 saturated heterocycles. The maximum Gasteiger partial charge on any atom is 0.329 e. The molecule has 2 aromatic carbocycles. The highest BCUT2D eigenvalue weighted by Gasteiger charge is 2.34. The number of methoxy groups -OCH3 is 1. The van der Waals surface area contributed by atoms with Gasteiger partial charge in [0.2, 0.25) is 0 Å². The summed E-state index contributed by atoms with van der Waals surface area (Å²) in [5.41, 5.74) is 4.45. The van der Waals surface area contributed by atoms with E-state index in [1.54, 1.807) is 30.2 Å². The van der Waals surface area contributed by atoms with Crippen molar-refractivity contribution >= 4 is 17.8 Å². The summed E-state index contributed by atoms with van der Waals surface area (Å²) in [5.74, 6) is -0.562. The summed E-state index contributed by atoms with van der Waals surface area (Å²) in [6.07, 6.45) is -0.0423. The van der Waals surface area contributed by atoms with Crippen LogP contribution >= 0.6 is 0 Å². The molecule has 140 valence electrons. The zero-order valence-electron chi connectivity index (χ0n) is 15.1. The maximum atomic E-state index is 12.9. The van der Waals surface area contributed by atoms with E-state index in [1.807, 2.05) is 30.3 Å². The van der Waals surface area contributed by atoms with E-state index in [0.717, 1.165) is 11.1 Å². The molecule has 1 aliphatic rings. The summed E-state index contributed by atoms with van der Waals surface area (Å²) >= 11 is 0. The normalized spacial score (nSPS) is 13.7. The smallest absolute Gasteiger partial charge is 0.329 e. The first-order valence-corrected chi connectivity index (χ1v) is 8.48. The second-order valence-electron chi connectivity index (χ2n) is 6.20. The second-order valence-corrected chi connectivity index (χ2v) is 6.20. The standard InChI is InChI=1S/C20H20N2O5/c1-13(23)27-21-19(24)11-18(14-7-9-16(26-2)10-8-14)22-12-15-5-3-4-6-17(15)20(22)25/h3-10,18H,11-12H2,1-2H3,(H,21,24). The summed E-state index contributed by atoms with van der Waals surface area (Å²) in [4.78, 5) is 42.2. The number of amides is 2. The van der Waals surface area contributed by atoms with Crippen LogP contribution < -0.4 is 10.2 Å². The van der Waals surface area contributed by atoms with E-state index in [9.17, 15) is 14.4 Å². The van der Waals surface area contributed by atoms with Crippen molar-refractivity contribution in [3.8, 4) is 5.75 Å². The van der Waals surface area contributed by atoms with E-state index < -0.39 is 17.9 Å². The van der Waals surface area contributed by atoms with Crippen molar-refractivity contribution < 1.29 is 24.0 Å². The minimum atomic E-state index is -0.617. The third kappa shape index (κ3) is 4.08. The SMILES string of the molecule is COc1ccc(C(CC(=O)NOC(C)=O)N2Cc3ccccc3C2=O)cc1. The van der Waals surface area contributed by atoms with Gasteiger partial charge in [0.15, 0.2) is 0 Å². The number of nitrogens with one attached hydrogen (secondary N) is 1. The van der Waals surface area contributed by atoms with Crippen molar-refractivity contribution in [2.24, 2.45) is 0 Å². The average molecular weight is 368 g/mol. The molecular weight excluding hydrogens is 348 g/mol. The van der Waals surface area contributed by atoms with Crippen LogP contribution in [0.5, 0.6) is 5.75 Å². The highest BCUT2D eigenvalue weighted by atomic mass is 16.7. The van der Waals surface area contributed by atoms with Gasteiger partial charge in [0, 0.05) is 19.0 Å². The van der Waals surface area contributed by atoms with Gasteiger partial charge in [-0.15, -0.1) is 0 Å². The number of hydrogen-bond donors (Lipinski definition) is 1. The van der Waals surface area contributed by atoms with Crippen LogP contribution in [-0.4, -0.2) is 29.8 Å². The maximum absolute atomic E-state index is 12.9. The molecule has 0 saturated carbocycles. The lowest BCUT2D eigenvalue weighted by atomic mass is 10.0. The minimum Gasteiger partial charge on any atom is -0.497 e. The first kappa shape index (κ1) is 18.4. The third-order valence-corrected chi connectivity index (χ3v) is 4.41. The molecule has 0 aliphatic carbocycles. The summed E-state index contributed by atoms with van der Waals surface area (Å²) in [6, 6.07) is 14.1. The predicted octanol–water partition coefficient (Wildman–Crippen LogP) is 2.38. The number of nitrogens with zero attached hydrogens (tertiary/aromatic N) is 1. The van der Waals surface area contributed by atoms with E-state index in [1.165, 1.54) is 6.92 Å². The highest BCUT2D eigenvalue weighted by molar-refractivity contribution is 5.98. The van der Waals surface area contributed by atoms with Gasteiger partial charge in [0.05, 0.1) is 19.6 Å². The molecule has 1 heterocycles. The molecule has 27 heavy (non-hydrogen) atoms. The number of carbonyl (C=O) groups is 3. The van der Waals surface area contributed by atoms with Crippen LogP contribution in [0.25, 0.3) is 0 Å². The first-order chi connectivity index (χ1) is 13.0. The van der Waals surface area contributed by atoms with Crippen molar-refractivity contribution in [3.63, 3.8) is 0 Å². The van der Waals surface area contributed by atoms with Crippen LogP contribution in [0.1, 0.15) is 40.9 Å². The Hall–Kier alpha value is -3.35. The monoisotopic (exact) mass is 368 g/mol. The van der Waals surface area contributed by atoms with Gasteiger partial charge in [-0.1, -0.05) is 30.3 Å². The average Bonchev–Trinajstić information content (AvgIpc) is 3.01. The molecule has 0 bridgehead atoms. The van der Waals surface area contributed by atoms with Gasteiger partial charge in [-0.2, -0.15) is 5.48 Å². The minimum absolute atomic E-state index is 0.0423. The van der Waals surface area contributed by atoms with Crippen LogP contribution in [0.3, 0.4) is 0 Å². The number of rotatable bonds is 5. The number of hydroxylamine groups is 1. The Bertz CT molecular complexity index is 863. The Morgan fingerprint density at radius 1 is 1.15 bits per heavy atom. The summed E-state index contributed by atoms with van der Waals surface area (Å²) in [5, 5.41) is 0. The number of benzene rings is 2. The van der Waals surface area contributed by atoms with Gasteiger partial charge in [0.1, 0.15) is 5.75 Å². The number of carbonyl (C=O) groups excluding carboxylic acids is 3. The van der Waals surface area contributed by atoms with E-state index in [2.05, 4.69) is 10.3 Å². The third-order valence-electron chi connectivity index (χ3n) is 4.41. The van der Waals surface area contributed by atoms with Crippen LogP contribution in [0, 0.1) is 0 Å². The van der Waals surface area contributed by atoms with Crippen molar-refractivity contribution in [1.82, 2.24) is 10.4 Å². The Kier molecular flexibility index (Phi) is 5.40. The van der Waals surface area contributed by atoms with Gasteiger partial charge in [-0.3, -0.25) is 14.4 Å². The number of hydrogen-bond acceptors (Lipinski definition) is 5. The van der Waals surface area contributed by atoms with Gasteiger partial charge in [-0.25, -0.2) is 0 Å². The van der Waals surface area contributed by atoms with Gasteiger partial charge >= 0.3 is 5.97 Å². The Morgan fingerprint density at radius 2 is 1.85 bits per heavy atom. The largest absolute Gasteiger partial charge is 0.497 e. The molecule has 7 nitrogen and oxygen atoms in total. The second kappa shape index (κ2) is 7.90. The van der Waals surface area contributed by atoms with Crippen LogP contribution in [0.15, 0.2) is 48.5 Å². The Balaban J connectivity index is 1.87. The fraction of sp³-hybridized carbons (Fsp3) is 0.250. The van der Waals surface area contributed by atoms with Crippen molar-refractivity contribution in [3.05, 3.63) is 65.2 Å². The van der Waals surface area contributed by atoms with Crippen molar-refractivity contribution in [2.45, 2.75) is 25.9 Å². The van der Waals surface area contributed by atoms with E-state index in [-0.39, 0.29) is 12.3 Å². The van der Waals surface area contributed by atoms with Crippen LogP contribution in [0.2, 0.25) is 0 Å². The highest BCUT2D eigenvalue weighted by Crippen LogP contribution is 2.34. The van der Waals surface area contributed by atoms with Crippen molar-refractivity contribution in [2.75, 3.05) is 7.11 Å². The summed E-state index contributed by atoms with van der Waals surface area (Å²) in [6.45, 7) is 1.61. The Morgan fingerprint density at radius 3 is 2.48 bits per heavy atom. The van der Waals surface area contributed by atoms with Crippen molar-refractivity contribution in [1.29, 1.82) is 0 Å². The molecule has 1 atom stereocenters. The van der Waals surface area contributed by atoms with E-state index in [0.29, 0.717) is 17.9 Å². The molecule has 0 radical (unpaired) electrons. The number of ether oxygens (including phenoxy) is 1. The zero-order chi connectivity index (χ0) is 19.4. The lowest BCUT2D eigenvalue weighted by Gasteiger charge is -2.28. The number of fused-ring (bicyclic) bond motifs is 1.